The van der Waals surface area contributed by atoms with E-state index in [2.05, 4.69) is 17.3 Å². The van der Waals surface area contributed by atoms with Crippen LogP contribution >= 0.6 is 0 Å². The Morgan fingerprint density at radius 3 is 2.92 bits per heavy atom. The minimum absolute atomic E-state index is 0.747. The Balaban J connectivity index is 2.36. The molecule has 0 aliphatic carbocycles. The number of rotatable bonds is 5. The van der Waals surface area contributed by atoms with E-state index < -0.39 is 0 Å². The number of aromatic nitrogens is 2. The quantitative estimate of drug-likeness (QED) is 0.674. The van der Waals surface area contributed by atoms with Crippen LogP contribution in [0.3, 0.4) is 0 Å². The Bertz CT molecular complexity index is 238. The third-order valence-electron chi connectivity index (χ3n) is 2.05. The van der Waals surface area contributed by atoms with E-state index in [1.54, 1.807) is 7.11 Å². The molecule has 1 aromatic heterocycles. The largest absolute Gasteiger partial charge is 0.383 e. The summed E-state index contributed by atoms with van der Waals surface area (Å²) in [5.41, 5.74) is 2.46. The van der Waals surface area contributed by atoms with Gasteiger partial charge in [0.25, 0.3) is 0 Å². The summed E-state index contributed by atoms with van der Waals surface area (Å²) in [5, 5.41) is 7.45. The van der Waals surface area contributed by atoms with Crippen molar-refractivity contribution < 1.29 is 4.74 Å². The summed E-state index contributed by atoms with van der Waals surface area (Å²) in [6.07, 6.45) is 1.88. The lowest BCUT2D eigenvalue weighted by Gasteiger charge is -2.05. The molecule has 1 N–H and O–H groups in total. The van der Waals surface area contributed by atoms with Crippen LogP contribution < -0.4 is 5.32 Å². The second-order valence-corrected chi connectivity index (χ2v) is 3.07. The second kappa shape index (κ2) is 4.99. The first kappa shape index (κ1) is 10.2. The maximum Gasteiger partial charge on any atom is 0.0587 e. The lowest BCUT2D eigenvalue weighted by Crippen LogP contribution is -2.20. The van der Waals surface area contributed by atoms with Gasteiger partial charge in [0.05, 0.1) is 18.5 Å². The van der Waals surface area contributed by atoms with Crippen molar-refractivity contribution in [2.45, 2.75) is 13.5 Å². The molecule has 0 unspecified atom stereocenters. The summed E-state index contributed by atoms with van der Waals surface area (Å²) >= 11 is 0. The third kappa shape index (κ3) is 2.82. The molecule has 0 radical (unpaired) electrons. The van der Waals surface area contributed by atoms with E-state index >= 15 is 0 Å². The summed E-state index contributed by atoms with van der Waals surface area (Å²) in [6, 6.07) is 0. The van der Waals surface area contributed by atoms with Crippen LogP contribution in [-0.2, 0) is 18.3 Å². The molecule has 0 spiro atoms. The van der Waals surface area contributed by atoms with Crippen molar-refractivity contribution in [2.75, 3.05) is 20.3 Å². The highest BCUT2D eigenvalue weighted by atomic mass is 16.5. The monoisotopic (exact) mass is 183 g/mol. The molecule has 0 aliphatic rings. The third-order valence-corrected chi connectivity index (χ3v) is 2.05. The Kier molecular flexibility index (Phi) is 3.92. The average Bonchev–Trinajstić information content (AvgIpc) is 2.42. The Morgan fingerprint density at radius 2 is 2.38 bits per heavy atom. The van der Waals surface area contributed by atoms with Gasteiger partial charge < -0.3 is 10.1 Å². The van der Waals surface area contributed by atoms with Gasteiger partial charge in [-0.1, -0.05) is 0 Å². The number of nitrogens with one attached hydrogen (secondary N) is 1. The Morgan fingerprint density at radius 1 is 1.62 bits per heavy atom. The molecule has 0 amide bonds. The van der Waals surface area contributed by atoms with E-state index in [4.69, 9.17) is 4.74 Å². The average molecular weight is 183 g/mol. The van der Waals surface area contributed by atoms with E-state index in [0.717, 1.165) is 19.7 Å². The van der Waals surface area contributed by atoms with Gasteiger partial charge in [-0.2, -0.15) is 5.10 Å². The first-order chi connectivity index (χ1) is 6.25. The summed E-state index contributed by atoms with van der Waals surface area (Å²) in [4.78, 5) is 0. The summed E-state index contributed by atoms with van der Waals surface area (Å²) in [6.45, 7) is 4.55. The lowest BCUT2D eigenvalue weighted by molar-refractivity contribution is 0.199. The summed E-state index contributed by atoms with van der Waals surface area (Å²) in [5.74, 6) is 0. The van der Waals surface area contributed by atoms with Crippen molar-refractivity contribution in [3.8, 4) is 0 Å². The number of ether oxygens (including phenoxy) is 1. The van der Waals surface area contributed by atoms with Crippen LogP contribution in [0, 0.1) is 6.92 Å². The van der Waals surface area contributed by atoms with Crippen LogP contribution in [-0.4, -0.2) is 30.0 Å². The highest BCUT2D eigenvalue weighted by Crippen LogP contribution is 2.03. The van der Waals surface area contributed by atoms with Crippen molar-refractivity contribution in [3.63, 3.8) is 0 Å². The zero-order valence-corrected chi connectivity index (χ0v) is 8.50. The van der Waals surface area contributed by atoms with Crippen molar-refractivity contribution in [3.05, 3.63) is 17.5 Å². The number of hydrogen-bond acceptors (Lipinski definition) is 3. The van der Waals surface area contributed by atoms with Crippen LogP contribution in [0.25, 0.3) is 0 Å². The van der Waals surface area contributed by atoms with Gasteiger partial charge in [0.1, 0.15) is 0 Å². The molecular formula is C9H17N3O. The van der Waals surface area contributed by atoms with Gasteiger partial charge >= 0.3 is 0 Å². The lowest BCUT2D eigenvalue weighted by atomic mass is 10.3. The van der Waals surface area contributed by atoms with Crippen molar-refractivity contribution in [1.29, 1.82) is 0 Å². The molecular weight excluding hydrogens is 166 g/mol. The van der Waals surface area contributed by atoms with Crippen LogP contribution in [0.2, 0.25) is 0 Å². The molecule has 13 heavy (non-hydrogen) atoms. The van der Waals surface area contributed by atoms with Gasteiger partial charge in [0.15, 0.2) is 0 Å². The Hall–Kier alpha value is -0.870. The maximum atomic E-state index is 4.94. The number of hydrogen-bond donors (Lipinski definition) is 1. The highest BCUT2D eigenvalue weighted by molar-refractivity contribution is 5.14. The molecule has 0 saturated heterocycles. The van der Waals surface area contributed by atoms with E-state index in [-0.39, 0.29) is 0 Å². The van der Waals surface area contributed by atoms with Gasteiger partial charge in [0.2, 0.25) is 0 Å². The molecule has 4 nitrogen and oxygen atoms in total. The predicted molar refractivity (Wildman–Crippen MR) is 51.5 cm³/mol. The smallest absolute Gasteiger partial charge is 0.0587 e. The normalized spacial score (nSPS) is 10.7. The fraction of sp³-hybridized carbons (Fsp3) is 0.667. The van der Waals surface area contributed by atoms with Gasteiger partial charge in [0, 0.05) is 27.2 Å². The van der Waals surface area contributed by atoms with Crippen LogP contribution in [0.5, 0.6) is 0 Å². The second-order valence-electron chi connectivity index (χ2n) is 3.07. The number of nitrogens with zero attached hydrogens (tertiary/aromatic N) is 2. The molecule has 1 aromatic rings. The van der Waals surface area contributed by atoms with E-state index in [0.29, 0.717) is 0 Å². The first-order valence-electron chi connectivity index (χ1n) is 4.43. The molecule has 0 aromatic carbocycles. The highest BCUT2D eigenvalue weighted by Gasteiger charge is 2.02. The molecule has 0 saturated carbocycles. The standard InChI is InChI=1S/C9H17N3O/c1-8-6-11-12(2)9(8)7-10-4-5-13-3/h6,10H,4-5,7H2,1-3H3. The van der Waals surface area contributed by atoms with Crippen molar-refractivity contribution in [2.24, 2.45) is 7.05 Å². The van der Waals surface area contributed by atoms with Gasteiger partial charge in [-0.15, -0.1) is 0 Å². The molecule has 0 aliphatic heterocycles. The first-order valence-corrected chi connectivity index (χ1v) is 4.43. The van der Waals surface area contributed by atoms with Crippen LogP contribution in [0.15, 0.2) is 6.20 Å². The van der Waals surface area contributed by atoms with Gasteiger partial charge in [-0.25, -0.2) is 0 Å². The van der Waals surface area contributed by atoms with Crippen molar-refractivity contribution >= 4 is 0 Å². The predicted octanol–water partition coefficient (Wildman–Crippen LogP) is 0.465. The van der Waals surface area contributed by atoms with Crippen molar-refractivity contribution in [1.82, 2.24) is 15.1 Å². The molecule has 0 atom stereocenters. The molecule has 1 rings (SSSR count). The maximum absolute atomic E-state index is 4.94. The molecule has 0 bridgehead atoms. The van der Waals surface area contributed by atoms with Gasteiger partial charge in [-0.05, 0) is 12.5 Å². The topological polar surface area (TPSA) is 39.1 Å². The molecule has 74 valence electrons. The van der Waals surface area contributed by atoms with Crippen LogP contribution in [0.1, 0.15) is 11.3 Å². The summed E-state index contributed by atoms with van der Waals surface area (Å²) < 4.78 is 6.83. The zero-order valence-electron chi connectivity index (χ0n) is 8.50. The molecule has 4 heteroatoms. The van der Waals surface area contributed by atoms with Crippen LogP contribution in [0.4, 0.5) is 0 Å². The summed E-state index contributed by atoms with van der Waals surface area (Å²) in [7, 11) is 3.66. The van der Waals surface area contributed by atoms with E-state index in [1.807, 2.05) is 17.9 Å². The minimum atomic E-state index is 0.747. The molecule has 0 fully saturated rings. The van der Waals surface area contributed by atoms with E-state index in [1.165, 1.54) is 11.3 Å². The fourth-order valence-electron chi connectivity index (χ4n) is 1.21. The Labute approximate surface area is 78.9 Å². The zero-order chi connectivity index (χ0) is 9.68. The molecule has 1 heterocycles. The van der Waals surface area contributed by atoms with Gasteiger partial charge in [-0.3, -0.25) is 4.68 Å². The minimum Gasteiger partial charge on any atom is -0.383 e. The SMILES string of the molecule is COCCNCc1c(C)cnn1C. The fourth-order valence-corrected chi connectivity index (χ4v) is 1.21. The van der Waals surface area contributed by atoms with E-state index in [9.17, 15) is 0 Å². The number of aryl methyl sites for hydroxylation is 2. The number of methoxy groups -OCH3 is 1.